The fraction of sp³-hybridized carbons (Fsp3) is 0.0833. The molecule has 0 saturated heterocycles. The van der Waals surface area contributed by atoms with Gasteiger partial charge in [0.05, 0.1) is 0 Å². The van der Waals surface area contributed by atoms with Crippen molar-refractivity contribution in [1.29, 1.82) is 0 Å². The van der Waals surface area contributed by atoms with Crippen molar-refractivity contribution in [3.05, 3.63) is 95.7 Å². The summed E-state index contributed by atoms with van der Waals surface area (Å²) in [5, 5.41) is 2.19. The van der Waals surface area contributed by atoms with Crippen molar-refractivity contribution in [2.24, 2.45) is 4.99 Å². The van der Waals surface area contributed by atoms with Crippen LogP contribution in [0, 0.1) is 0 Å². The Balaban J connectivity index is 1.61. The molecule has 138 valence electrons. The largest absolute Gasteiger partial charge is 0.489 e. The number of cyclic esters (lactones) is 1. The highest BCUT2D eigenvalue weighted by molar-refractivity contribution is 6.13. The Bertz CT molecular complexity index is 1140. The summed E-state index contributed by atoms with van der Waals surface area (Å²) >= 11 is 0. The summed E-state index contributed by atoms with van der Waals surface area (Å²) in [6.45, 7) is 6.18. The number of fused-ring (bicyclic) bond motifs is 1. The van der Waals surface area contributed by atoms with Gasteiger partial charge in [-0.2, -0.15) is 0 Å². The fourth-order valence-electron chi connectivity index (χ4n) is 2.91. The number of ether oxygens (including phenoxy) is 2. The maximum atomic E-state index is 12.3. The topological polar surface area (TPSA) is 47.9 Å². The van der Waals surface area contributed by atoms with Gasteiger partial charge in [0.15, 0.2) is 5.70 Å². The van der Waals surface area contributed by atoms with Crippen molar-refractivity contribution in [1.82, 2.24) is 0 Å². The van der Waals surface area contributed by atoms with E-state index < -0.39 is 5.97 Å². The summed E-state index contributed by atoms with van der Waals surface area (Å²) in [7, 11) is 0. The molecule has 0 aromatic heterocycles. The average Bonchev–Trinajstić information content (AvgIpc) is 3.06. The minimum absolute atomic E-state index is 0.264. The normalized spacial score (nSPS) is 14.8. The first kappa shape index (κ1) is 17.7. The SMILES string of the molecule is C=C(C)COc1cccc(/C=C2\N=C(c3ccc4ccccc4c3)OC2=O)c1. The van der Waals surface area contributed by atoms with Gasteiger partial charge in [0.25, 0.3) is 0 Å². The van der Waals surface area contributed by atoms with E-state index in [0.717, 1.165) is 27.5 Å². The summed E-state index contributed by atoms with van der Waals surface area (Å²) in [6, 6.07) is 21.4. The highest BCUT2D eigenvalue weighted by atomic mass is 16.6. The van der Waals surface area contributed by atoms with Gasteiger partial charge in [0.2, 0.25) is 5.90 Å². The van der Waals surface area contributed by atoms with Crippen LogP contribution in [-0.4, -0.2) is 18.5 Å². The Hall–Kier alpha value is -3.66. The molecule has 0 aliphatic carbocycles. The van der Waals surface area contributed by atoms with Gasteiger partial charge in [-0.15, -0.1) is 0 Å². The molecular weight excluding hydrogens is 350 g/mol. The van der Waals surface area contributed by atoms with Crippen LogP contribution in [0.5, 0.6) is 5.75 Å². The minimum Gasteiger partial charge on any atom is -0.489 e. The Morgan fingerprint density at radius 1 is 1.07 bits per heavy atom. The highest BCUT2D eigenvalue weighted by Crippen LogP contribution is 2.23. The zero-order chi connectivity index (χ0) is 19.5. The summed E-state index contributed by atoms with van der Waals surface area (Å²) in [5.41, 5.74) is 2.79. The van der Waals surface area contributed by atoms with Crippen LogP contribution in [0.2, 0.25) is 0 Å². The molecule has 0 atom stereocenters. The molecule has 0 unspecified atom stereocenters. The highest BCUT2D eigenvalue weighted by Gasteiger charge is 2.24. The second-order valence-electron chi connectivity index (χ2n) is 6.72. The zero-order valence-electron chi connectivity index (χ0n) is 15.5. The average molecular weight is 369 g/mol. The first-order chi connectivity index (χ1) is 13.6. The van der Waals surface area contributed by atoms with Crippen molar-refractivity contribution in [2.75, 3.05) is 6.61 Å². The van der Waals surface area contributed by atoms with Gasteiger partial charge in [-0.3, -0.25) is 0 Å². The number of rotatable bonds is 5. The van der Waals surface area contributed by atoms with Crippen molar-refractivity contribution in [2.45, 2.75) is 6.92 Å². The van der Waals surface area contributed by atoms with Gasteiger partial charge >= 0.3 is 5.97 Å². The lowest BCUT2D eigenvalue weighted by Gasteiger charge is -2.06. The standard InChI is InChI=1S/C24H19NO3/c1-16(2)15-27-21-9-5-6-17(12-21)13-22-24(26)28-23(25-22)20-11-10-18-7-3-4-8-19(18)14-20/h3-14H,1,15H2,2H3/b22-13-. The van der Waals surface area contributed by atoms with E-state index in [9.17, 15) is 4.79 Å². The third-order valence-electron chi connectivity index (χ3n) is 4.26. The first-order valence-electron chi connectivity index (χ1n) is 8.97. The van der Waals surface area contributed by atoms with E-state index >= 15 is 0 Å². The molecule has 0 spiro atoms. The van der Waals surface area contributed by atoms with E-state index in [2.05, 4.69) is 11.6 Å². The Morgan fingerprint density at radius 3 is 2.71 bits per heavy atom. The predicted octanol–water partition coefficient (Wildman–Crippen LogP) is 5.14. The van der Waals surface area contributed by atoms with Gasteiger partial charge in [0, 0.05) is 5.56 Å². The molecule has 4 nitrogen and oxygen atoms in total. The van der Waals surface area contributed by atoms with Gasteiger partial charge in [-0.05, 0) is 59.2 Å². The van der Waals surface area contributed by atoms with Crippen LogP contribution in [0.25, 0.3) is 16.8 Å². The van der Waals surface area contributed by atoms with E-state index in [1.807, 2.05) is 73.7 Å². The number of carbonyl (C=O) groups excluding carboxylic acids is 1. The number of benzene rings is 3. The Kier molecular flexibility index (Phi) is 4.77. The first-order valence-corrected chi connectivity index (χ1v) is 8.97. The molecule has 4 rings (SSSR count). The van der Waals surface area contributed by atoms with Crippen LogP contribution < -0.4 is 4.74 Å². The molecule has 3 aromatic rings. The van der Waals surface area contributed by atoms with Gasteiger partial charge in [-0.1, -0.05) is 49.0 Å². The minimum atomic E-state index is -0.462. The van der Waals surface area contributed by atoms with Crippen LogP contribution in [0.1, 0.15) is 18.1 Å². The van der Waals surface area contributed by atoms with Crippen molar-refractivity contribution < 1.29 is 14.3 Å². The number of esters is 1. The van der Waals surface area contributed by atoms with E-state index in [1.54, 1.807) is 6.08 Å². The van der Waals surface area contributed by atoms with E-state index in [4.69, 9.17) is 9.47 Å². The molecule has 0 radical (unpaired) electrons. The summed E-state index contributed by atoms with van der Waals surface area (Å²) < 4.78 is 11.0. The number of hydrogen-bond donors (Lipinski definition) is 0. The molecule has 0 amide bonds. The summed E-state index contributed by atoms with van der Waals surface area (Å²) in [5.74, 6) is 0.565. The quantitative estimate of drug-likeness (QED) is 0.355. The summed E-state index contributed by atoms with van der Waals surface area (Å²) in [6.07, 6.45) is 1.70. The molecule has 1 aliphatic heterocycles. The van der Waals surface area contributed by atoms with Crippen molar-refractivity contribution in [3.63, 3.8) is 0 Å². The van der Waals surface area contributed by atoms with E-state index in [-0.39, 0.29) is 5.70 Å². The lowest BCUT2D eigenvalue weighted by Crippen LogP contribution is -2.05. The lowest BCUT2D eigenvalue weighted by atomic mass is 10.1. The van der Waals surface area contributed by atoms with Gasteiger partial charge < -0.3 is 9.47 Å². The van der Waals surface area contributed by atoms with Crippen LogP contribution >= 0.6 is 0 Å². The second kappa shape index (κ2) is 7.53. The summed E-state index contributed by atoms with van der Waals surface area (Å²) in [4.78, 5) is 16.7. The molecule has 28 heavy (non-hydrogen) atoms. The number of hydrogen-bond acceptors (Lipinski definition) is 4. The number of nitrogens with zero attached hydrogens (tertiary/aromatic N) is 1. The molecular formula is C24H19NO3. The maximum Gasteiger partial charge on any atom is 0.363 e. The van der Waals surface area contributed by atoms with Gasteiger partial charge in [-0.25, -0.2) is 9.79 Å². The molecule has 3 aromatic carbocycles. The van der Waals surface area contributed by atoms with Crippen LogP contribution in [0.4, 0.5) is 0 Å². The van der Waals surface area contributed by atoms with E-state index in [0.29, 0.717) is 18.3 Å². The Labute approximate surface area is 163 Å². The zero-order valence-corrected chi connectivity index (χ0v) is 15.5. The van der Waals surface area contributed by atoms with Crippen LogP contribution in [-0.2, 0) is 9.53 Å². The predicted molar refractivity (Wildman–Crippen MR) is 111 cm³/mol. The molecule has 0 bridgehead atoms. The molecule has 0 saturated carbocycles. The fourth-order valence-corrected chi connectivity index (χ4v) is 2.91. The third-order valence-corrected chi connectivity index (χ3v) is 4.26. The maximum absolute atomic E-state index is 12.3. The number of carbonyl (C=O) groups is 1. The lowest BCUT2D eigenvalue weighted by molar-refractivity contribution is -0.129. The third kappa shape index (κ3) is 3.86. The smallest absolute Gasteiger partial charge is 0.363 e. The van der Waals surface area contributed by atoms with Crippen LogP contribution in [0.15, 0.2) is 89.6 Å². The van der Waals surface area contributed by atoms with Gasteiger partial charge in [0.1, 0.15) is 12.4 Å². The molecule has 4 heteroatoms. The van der Waals surface area contributed by atoms with Crippen molar-refractivity contribution in [3.8, 4) is 5.75 Å². The van der Waals surface area contributed by atoms with Crippen LogP contribution in [0.3, 0.4) is 0 Å². The second-order valence-corrected chi connectivity index (χ2v) is 6.72. The molecule has 0 N–H and O–H groups in total. The monoisotopic (exact) mass is 369 g/mol. The number of aliphatic imine (C=N–C) groups is 1. The van der Waals surface area contributed by atoms with Crippen molar-refractivity contribution >= 4 is 28.7 Å². The molecule has 1 heterocycles. The molecule has 1 aliphatic rings. The molecule has 0 fully saturated rings. The van der Waals surface area contributed by atoms with E-state index in [1.165, 1.54) is 0 Å². The Morgan fingerprint density at radius 2 is 1.89 bits per heavy atom.